The third kappa shape index (κ3) is 4.92. The Hall–Kier alpha value is -2.97. The van der Waals surface area contributed by atoms with E-state index in [0.29, 0.717) is 23.9 Å². The number of nitrogens with zero attached hydrogens (tertiary/aromatic N) is 1. The predicted octanol–water partition coefficient (Wildman–Crippen LogP) is 4.61. The molecule has 2 aromatic carbocycles. The Kier molecular flexibility index (Phi) is 7.02. The molecular weight excluding hydrogens is 446 g/mol. The molecule has 1 saturated heterocycles. The summed E-state index contributed by atoms with van der Waals surface area (Å²) in [6.07, 6.45) is 0.188. The van der Waals surface area contributed by atoms with E-state index >= 15 is 0 Å². The number of carboxylic acid groups (broad SMARTS) is 1. The molecule has 2 unspecified atom stereocenters. The maximum absolute atomic E-state index is 13.1. The van der Waals surface area contributed by atoms with Crippen molar-refractivity contribution in [2.45, 2.75) is 24.4 Å². The molecule has 32 heavy (non-hydrogen) atoms. The summed E-state index contributed by atoms with van der Waals surface area (Å²) < 4.78 is 11.5. The summed E-state index contributed by atoms with van der Waals surface area (Å²) in [5.74, 6) is 0.287. The van der Waals surface area contributed by atoms with E-state index in [9.17, 15) is 14.7 Å². The summed E-state index contributed by atoms with van der Waals surface area (Å²) in [4.78, 5) is 27.3. The van der Waals surface area contributed by atoms with E-state index in [1.54, 1.807) is 7.11 Å². The second kappa shape index (κ2) is 10.1. The molecule has 0 spiro atoms. The monoisotopic (exact) mass is 469 g/mol. The number of carboxylic acids is 1. The van der Waals surface area contributed by atoms with Crippen molar-refractivity contribution in [1.29, 1.82) is 0 Å². The number of ether oxygens (including phenoxy) is 2. The summed E-state index contributed by atoms with van der Waals surface area (Å²) >= 11 is 2.94. The molecule has 2 atom stereocenters. The molecule has 1 fully saturated rings. The van der Waals surface area contributed by atoms with Crippen LogP contribution in [-0.4, -0.2) is 40.8 Å². The topological polar surface area (TPSA) is 76.1 Å². The van der Waals surface area contributed by atoms with Crippen LogP contribution in [0.4, 0.5) is 0 Å². The van der Waals surface area contributed by atoms with E-state index in [0.717, 1.165) is 16.0 Å². The highest BCUT2D eigenvalue weighted by Crippen LogP contribution is 2.44. The molecule has 1 aliphatic rings. The molecule has 1 amide bonds. The minimum absolute atomic E-state index is 0.188. The summed E-state index contributed by atoms with van der Waals surface area (Å²) in [5, 5.41) is 11.2. The minimum atomic E-state index is -0.991. The smallest absolute Gasteiger partial charge is 0.327 e. The molecule has 0 saturated carbocycles. The molecule has 166 valence electrons. The van der Waals surface area contributed by atoms with Crippen LogP contribution in [0.2, 0.25) is 0 Å². The van der Waals surface area contributed by atoms with Crippen molar-refractivity contribution in [1.82, 2.24) is 4.90 Å². The third-order valence-electron chi connectivity index (χ3n) is 5.19. The number of benzene rings is 2. The molecule has 0 aliphatic carbocycles. The van der Waals surface area contributed by atoms with E-state index in [1.165, 1.54) is 28.0 Å². The highest BCUT2D eigenvalue weighted by atomic mass is 32.2. The second-order valence-corrected chi connectivity index (χ2v) is 9.43. The number of thioether (sulfide) groups is 1. The number of methoxy groups -OCH3 is 1. The van der Waals surface area contributed by atoms with Gasteiger partial charge in [-0.15, -0.1) is 23.1 Å². The Morgan fingerprint density at radius 3 is 2.59 bits per heavy atom. The van der Waals surface area contributed by atoms with Crippen LogP contribution in [0.25, 0.3) is 0 Å². The van der Waals surface area contributed by atoms with E-state index < -0.39 is 17.4 Å². The maximum atomic E-state index is 13.1. The van der Waals surface area contributed by atoms with Crippen LogP contribution in [0.15, 0.2) is 66.0 Å². The number of amides is 1. The van der Waals surface area contributed by atoms with Gasteiger partial charge in [0.15, 0.2) is 11.5 Å². The molecule has 0 radical (unpaired) electrons. The lowest BCUT2D eigenvalue weighted by Crippen LogP contribution is -2.43. The van der Waals surface area contributed by atoms with Gasteiger partial charge in [-0.3, -0.25) is 4.79 Å². The Morgan fingerprint density at radius 1 is 1.09 bits per heavy atom. The largest absolute Gasteiger partial charge is 0.493 e. The lowest BCUT2D eigenvalue weighted by Gasteiger charge is -2.28. The van der Waals surface area contributed by atoms with Crippen molar-refractivity contribution in [2.75, 3.05) is 12.9 Å². The van der Waals surface area contributed by atoms with Crippen molar-refractivity contribution >= 4 is 35.0 Å². The Bertz CT molecular complexity index is 1070. The van der Waals surface area contributed by atoms with Crippen LogP contribution < -0.4 is 9.47 Å². The molecule has 1 aromatic heterocycles. The van der Waals surface area contributed by atoms with Crippen molar-refractivity contribution in [2.24, 2.45) is 0 Å². The number of thiophene rings is 1. The number of carbonyl (C=O) groups excluding carboxylic acids is 1. The van der Waals surface area contributed by atoms with Crippen LogP contribution in [0.3, 0.4) is 0 Å². The van der Waals surface area contributed by atoms with Gasteiger partial charge in [0.05, 0.1) is 13.5 Å². The van der Waals surface area contributed by atoms with Gasteiger partial charge < -0.3 is 19.5 Å². The first-order valence-electron chi connectivity index (χ1n) is 10.1. The molecule has 6 nitrogen and oxygen atoms in total. The van der Waals surface area contributed by atoms with Gasteiger partial charge in [0.2, 0.25) is 5.91 Å². The Morgan fingerprint density at radius 2 is 1.91 bits per heavy atom. The van der Waals surface area contributed by atoms with Crippen LogP contribution >= 0.6 is 23.1 Å². The summed E-state index contributed by atoms with van der Waals surface area (Å²) in [6, 6.07) is 18.3. The predicted molar refractivity (Wildman–Crippen MR) is 125 cm³/mol. The van der Waals surface area contributed by atoms with Gasteiger partial charge in [-0.25, -0.2) is 4.79 Å². The highest BCUT2D eigenvalue weighted by Gasteiger charge is 2.42. The fourth-order valence-corrected chi connectivity index (χ4v) is 5.73. The third-order valence-corrected chi connectivity index (χ3v) is 7.39. The Balaban J connectivity index is 1.56. The molecule has 1 N–H and O–H groups in total. The zero-order valence-corrected chi connectivity index (χ0v) is 19.1. The first-order chi connectivity index (χ1) is 15.6. The van der Waals surface area contributed by atoms with Gasteiger partial charge in [0.1, 0.15) is 18.0 Å². The zero-order chi connectivity index (χ0) is 22.5. The SMILES string of the molecule is COc1cc(C2SCC(C(=O)O)N2C(=O)Cc2cccs2)ccc1OCc1ccccc1. The normalized spacial score (nSPS) is 17.8. The molecule has 3 aromatic rings. The van der Waals surface area contributed by atoms with Gasteiger partial charge in [-0.1, -0.05) is 42.5 Å². The second-order valence-electron chi connectivity index (χ2n) is 7.28. The summed E-state index contributed by atoms with van der Waals surface area (Å²) in [7, 11) is 1.57. The summed E-state index contributed by atoms with van der Waals surface area (Å²) in [6.45, 7) is 0.404. The van der Waals surface area contributed by atoms with Crippen molar-refractivity contribution in [3.8, 4) is 11.5 Å². The lowest BCUT2D eigenvalue weighted by atomic mass is 10.1. The number of hydrogen-bond acceptors (Lipinski definition) is 6. The highest BCUT2D eigenvalue weighted by molar-refractivity contribution is 7.99. The lowest BCUT2D eigenvalue weighted by molar-refractivity contribution is -0.148. The van der Waals surface area contributed by atoms with Gasteiger partial charge in [-0.05, 0) is 34.7 Å². The van der Waals surface area contributed by atoms with Gasteiger partial charge in [0.25, 0.3) is 0 Å². The quantitative estimate of drug-likeness (QED) is 0.519. The van der Waals surface area contributed by atoms with E-state index in [4.69, 9.17) is 9.47 Å². The van der Waals surface area contributed by atoms with E-state index in [2.05, 4.69) is 0 Å². The average Bonchev–Trinajstić information content (AvgIpc) is 3.48. The van der Waals surface area contributed by atoms with Crippen molar-refractivity contribution < 1.29 is 24.2 Å². The van der Waals surface area contributed by atoms with Gasteiger partial charge in [0, 0.05) is 10.6 Å². The minimum Gasteiger partial charge on any atom is -0.493 e. The van der Waals surface area contributed by atoms with Crippen molar-refractivity contribution in [3.63, 3.8) is 0 Å². The average molecular weight is 470 g/mol. The number of hydrogen-bond donors (Lipinski definition) is 1. The molecule has 0 bridgehead atoms. The van der Waals surface area contributed by atoms with Gasteiger partial charge >= 0.3 is 5.97 Å². The molecule has 2 heterocycles. The standard InChI is InChI=1S/C24H23NO5S2/c1-29-21-12-17(9-10-20(21)30-14-16-6-3-2-4-7-16)23-25(19(15-32-23)24(27)28)22(26)13-18-8-5-11-31-18/h2-12,19,23H,13-15H2,1H3,(H,27,28). The Labute approximate surface area is 194 Å². The molecular formula is C24H23NO5S2. The van der Waals surface area contributed by atoms with Crippen LogP contribution in [-0.2, 0) is 22.6 Å². The first-order valence-corrected chi connectivity index (χ1v) is 12.0. The molecule has 4 rings (SSSR count). The fourth-order valence-electron chi connectivity index (χ4n) is 3.60. The first kappa shape index (κ1) is 22.2. The van der Waals surface area contributed by atoms with Crippen LogP contribution in [0, 0.1) is 0 Å². The van der Waals surface area contributed by atoms with Crippen LogP contribution in [0.5, 0.6) is 11.5 Å². The summed E-state index contributed by atoms with van der Waals surface area (Å²) in [5.41, 5.74) is 1.85. The number of carbonyl (C=O) groups is 2. The number of aliphatic carboxylic acids is 1. The molecule has 8 heteroatoms. The van der Waals surface area contributed by atoms with E-state index in [1.807, 2.05) is 66.0 Å². The fraction of sp³-hybridized carbons (Fsp3) is 0.250. The van der Waals surface area contributed by atoms with E-state index in [-0.39, 0.29) is 12.3 Å². The molecule has 1 aliphatic heterocycles. The van der Waals surface area contributed by atoms with Crippen molar-refractivity contribution in [3.05, 3.63) is 82.0 Å². The van der Waals surface area contributed by atoms with Gasteiger partial charge in [-0.2, -0.15) is 0 Å². The zero-order valence-electron chi connectivity index (χ0n) is 17.5. The maximum Gasteiger partial charge on any atom is 0.327 e. The number of rotatable bonds is 8. The van der Waals surface area contributed by atoms with Crippen LogP contribution in [0.1, 0.15) is 21.4 Å².